The third-order valence-electron chi connectivity index (χ3n) is 4.19. The highest BCUT2D eigenvalue weighted by atomic mass is 79.9. The predicted octanol–water partition coefficient (Wildman–Crippen LogP) is 4.52. The molecule has 1 fully saturated rings. The van der Waals surface area contributed by atoms with Gasteiger partial charge in [-0.25, -0.2) is 4.98 Å². The van der Waals surface area contributed by atoms with Crippen LogP contribution in [0.3, 0.4) is 0 Å². The Hall–Kier alpha value is -0.260. The summed E-state index contributed by atoms with van der Waals surface area (Å²) in [5.74, 6) is 1.67. The SMILES string of the molecule is CCc1[nH]c(C2(OC)CCC(C)CC2)nc(=S)c1Br. The molecule has 5 heteroatoms. The van der Waals surface area contributed by atoms with Crippen molar-refractivity contribution in [3.8, 4) is 0 Å². The molecule has 0 unspecified atom stereocenters. The molecule has 0 saturated heterocycles. The fourth-order valence-corrected chi connectivity index (χ4v) is 3.41. The smallest absolute Gasteiger partial charge is 0.144 e. The minimum atomic E-state index is -0.287. The fraction of sp³-hybridized carbons (Fsp3) is 0.714. The lowest BCUT2D eigenvalue weighted by atomic mass is 9.79. The van der Waals surface area contributed by atoms with E-state index in [1.165, 1.54) is 12.8 Å². The zero-order valence-corrected chi connectivity index (χ0v) is 14.2. The van der Waals surface area contributed by atoms with Crippen LogP contribution in [0.5, 0.6) is 0 Å². The summed E-state index contributed by atoms with van der Waals surface area (Å²) < 4.78 is 7.38. The van der Waals surface area contributed by atoms with Gasteiger partial charge in [0.1, 0.15) is 16.1 Å². The summed E-state index contributed by atoms with van der Waals surface area (Å²) in [7, 11) is 1.78. The van der Waals surface area contributed by atoms with Crippen LogP contribution in [0.4, 0.5) is 0 Å². The Morgan fingerprint density at radius 1 is 1.47 bits per heavy atom. The number of methoxy groups -OCH3 is 1. The lowest BCUT2D eigenvalue weighted by Crippen LogP contribution is -2.35. The van der Waals surface area contributed by atoms with E-state index >= 15 is 0 Å². The Kier molecular flexibility index (Phi) is 4.79. The summed E-state index contributed by atoms with van der Waals surface area (Å²) in [6, 6.07) is 0. The Bertz CT molecular complexity index is 507. The molecular formula is C14H21BrN2OS. The average molecular weight is 345 g/mol. The Balaban J connectivity index is 2.44. The zero-order valence-electron chi connectivity index (χ0n) is 11.8. The van der Waals surface area contributed by atoms with E-state index in [-0.39, 0.29) is 5.60 Å². The molecule has 0 bridgehead atoms. The maximum Gasteiger partial charge on any atom is 0.144 e. The third kappa shape index (κ3) is 2.93. The number of aromatic nitrogens is 2. The minimum Gasteiger partial charge on any atom is -0.370 e. The molecule has 0 atom stereocenters. The maximum atomic E-state index is 5.85. The number of nitrogens with zero attached hydrogens (tertiary/aromatic N) is 1. The van der Waals surface area contributed by atoms with E-state index in [1.54, 1.807) is 7.11 Å². The molecule has 0 aliphatic heterocycles. The first-order chi connectivity index (χ1) is 9.02. The molecule has 1 aromatic heterocycles. The van der Waals surface area contributed by atoms with Gasteiger partial charge in [0.2, 0.25) is 0 Å². The number of rotatable bonds is 3. The number of aryl methyl sites for hydroxylation is 1. The highest BCUT2D eigenvalue weighted by Gasteiger charge is 2.38. The monoisotopic (exact) mass is 344 g/mol. The van der Waals surface area contributed by atoms with E-state index in [4.69, 9.17) is 17.0 Å². The molecule has 1 aliphatic rings. The van der Waals surface area contributed by atoms with Gasteiger partial charge in [-0.05, 0) is 54.0 Å². The fourth-order valence-electron chi connectivity index (χ4n) is 2.73. The molecule has 2 rings (SSSR count). The van der Waals surface area contributed by atoms with Crippen LogP contribution in [0.1, 0.15) is 51.0 Å². The molecule has 106 valence electrons. The molecule has 1 aromatic rings. The van der Waals surface area contributed by atoms with Crippen molar-refractivity contribution in [2.45, 2.75) is 51.6 Å². The molecule has 0 spiro atoms. The van der Waals surface area contributed by atoms with Crippen LogP contribution in [-0.2, 0) is 16.8 Å². The number of hydrogen-bond donors (Lipinski definition) is 1. The Morgan fingerprint density at radius 2 is 2.11 bits per heavy atom. The zero-order chi connectivity index (χ0) is 14.0. The molecule has 0 radical (unpaired) electrons. The second-order valence-corrected chi connectivity index (χ2v) is 6.60. The maximum absolute atomic E-state index is 5.85. The summed E-state index contributed by atoms with van der Waals surface area (Å²) in [5.41, 5.74) is 0.815. The van der Waals surface area contributed by atoms with E-state index < -0.39 is 0 Å². The molecule has 1 N–H and O–H groups in total. The van der Waals surface area contributed by atoms with Crippen LogP contribution in [0.2, 0.25) is 0 Å². The van der Waals surface area contributed by atoms with Crippen LogP contribution in [0, 0.1) is 10.6 Å². The van der Waals surface area contributed by atoms with E-state index in [0.29, 0.717) is 4.64 Å². The van der Waals surface area contributed by atoms with Gasteiger partial charge in [0.05, 0.1) is 4.47 Å². The topological polar surface area (TPSA) is 37.9 Å². The van der Waals surface area contributed by atoms with Crippen LogP contribution < -0.4 is 0 Å². The summed E-state index contributed by atoms with van der Waals surface area (Å²) in [6.45, 7) is 4.41. The van der Waals surface area contributed by atoms with E-state index in [1.807, 2.05) is 0 Å². The highest BCUT2D eigenvalue weighted by molar-refractivity contribution is 9.10. The summed E-state index contributed by atoms with van der Waals surface area (Å²) >= 11 is 8.86. The summed E-state index contributed by atoms with van der Waals surface area (Å²) in [4.78, 5) is 7.99. The third-order valence-corrected chi connectivity index (χ3v) is 5.61. The van der Waals surface area contributed by atoms with Gasteiger partial charge in [0, 0.05) is 12.8 Å². The van der Waals surface area contributed by atoms with E-state index in [0.717, 1.165) is 41.2 Å². The quantitative estimate of drug-likeness (QED) is 0.819. The molecular weight excluding hydrogens is 324 g/mol. The van der Waals surface area contributed by atoms with Gasteiger partial charge in [0.15, 0.2) is 0 Å². The summed E-state index contributed by atoms with van der Waals surface area (Å²) in [6.07, 6.45) is 5.26. The second kappa shape index (κ2) is 6.02. The lowest BCUT2D eigenvalue weighted by molar-refractivity contribution is -0.0599. The van der Waals surface area contributed by atoms with E-state index in [9.17, 15) is 0 Å². The normalized spacial score (nSPS) is 27.5. The number of H-pyrrole nitrogens is 1. The minimum absolute atomic E-state index is 0.287. The van der Waals surface area contributed by atoms with Crippen LogP contribution in [0.25, 0.3) is 0 Å². The first-order valence-electron chi connectivity index (χ1n) is 6.86. The van der Waals surface area contributed by atoms with E-state index in [2.05, 4.69) is 39.7 Å². The second-order valence-electron chi connectivity index (χ2n) is 5.42. The summed E-state index contributed by atoms with van der Waals surface area (Å²) in [5, 5.41) is 0. The van der Waals surface area contributed by atoms with Gasteiger partial charge in [-0.3, -0.25) is 0 Å². The molecule has 19 heavy (non-hydrogen) atoms. The van der Waals surface area contributed by atoms with Crippen molar-refractivity contribution in [2.24, 2.45) is 5.92 Å². The highest BCUT2D eigenvalue weighted by Crippen LogP contribution is 2.41. The number of hydrogen-bond acceptors (Lipinski definition) is 3. The molecule has 1 heterocycles. The van der Waals surface area contributed by atoms with Crippen LogP contribution in [0.15, 0.2) is 4.47 Å². The van der Waals surface area contributed by atoms with Crippen LogP contribution >= 0.6 is 28.1 Å². The van der Waals surface area contributed by atoms with Crippen molar-refractivity contribution in [1.82, 2.24) is 9.97 Å². The average Bonchev–Trinajstić information content (AvgIpc) is 2.43. The van der Waals surface area contributed by atoms with Crippen molar-refractivity contribution in [3.05, 3.63) is 20.6 Å². The van der Waals surface area contributed by atoms with Gasteiger partial charge in [-0.1, -0.05) is 26.1 Å². The number of nitrogens with one attached hydrogen (secondary N) is 1. The van der Waals surface area contributed by atoms with Crippen molar-refractivity contribution < 1.29 is 4.74 Å². The molecule has 3 nitrogen and oxygen atoms in total. The van der Waals surface area contributed by atoms with Crippen molar-refractivity contribution in [1.29, 1.82) is 0 Å². The number of ether oxygens (including phenoxy) is 1. The lowest BCUT2D eigenvalue weighted by Gasteiger charge is -2.37. The van der Waals surface area contributed by atoms with Crippen LogP contribution in [-0.4, -0.2) is 17.1 Å². The number of aromatic amines is 1. The van der Waals surface area contributed by atoms with Gasteiger partial charge in [-0.2, -0.15) is 0 Å². The molecule has 1 aliphatic carbocycles. The van der Waals surface area contributed by atoms with Crippen molar-refractivity contribution in [2.75, 3.05) is 7.11 Å². The standard InChI is InChI=1S/C14H21BrN2OS/c1-4-10-11(15)12(19)17-13(16-10)14(18-3)7-5-9(2)6-8-14/h9H,4-8H2,1-3H3,(H,16,17,19). The molecule has 0 amide bonds. The van der Waals surface area contributed by atoms with Gasteiger partial charge >= 0.3 is 0 Å². The first-order valence-corrected chi connectivity index (χ1v) is 8.07. The van der Waals surface area contributed by atoms with Gasteiger partial charge in [0.25, 0.3) is 0 Å². The predicted molar refractivity (Wildman–Crippen MR) is 82.8 cm³/mol. The molecule has 1 saturated carbocycles. The molecule has 0 aromatic carbocycles. The Labute approximate surface area is 128 Å². The van der Waals surface area contributed by atoms with Gasteiger partial charge in [-0.15, -0.1) is 0 Å². The van der Waals surface area contributed by atoms with Gasteiger partial charge < -0.3 is 9.72 Å². The Morgan fingerprint density at radius 3 is 2.63 bits per heavy atom. The largest absolute Gasteiger partial charge is 0.370 e. The van der Waals surface area contributed by atoms with Crippen molar-refractivity contribution in [3.63, 3.8) is 0 Å². The number of halogens is 1. The van der Waals surface area contributed by atoms with Crippen molar-refractivity contribution >= 4 is 28.1 Å². The first kappa shape index (κ1) is 15.1.